The van der Waals surface area contributed by atoms with Crippen LogP contribution in [0.2, 0.25) is 0 Å². The van der Waals surface area contributed by atoms with Crippen LogP contribution in [-0.4, -0.2) is 12.3 Å². The van der Waals surface area contributed by atoms with E-state index in [0.29, 0.717) is 0 Å². The molecule has 0 radical (unpaired) electrons. The standard InChI is InChI=1S/C14H11F4NO2/c15-11-7-2-1-5-9(11)13(21-14(16,17)18)8-4-3-6-10(13)12(19)20/h1-8,10H,(H2,19,20). The molecule has 3 nitrogen and oxygen atoms in total. The van der Waals surface area contributed by atoms with Gasteiger partial charge in [0.25, 0.3) is 0 Å². The summed E-state index contributed by atoms with van der Waals surface area (Å²) in [6.45, 7) is 0. The first-order valence-electron chi connectivity index (χ1n) is 5.93. The number of ether oxygens (including phenoxy) is 1. The van der Waals surface area contributed by atoms with Gasteiger partial charge in [0.05, 0.1) is 5.92 Å². The van der Waals surface area contributed by atoms with Gasteiger partial charge in [-0.25, -0.2) is 4.39 Å². The van der Waals surface area contributed by atoms with Gasteiger partial charge >= 0.3 is 6.36 Å². The highest BCUT2D eigenvalue weighted by molar-refractivity contribution is 5.81. The van der Waals surface area contributed by atoms with Crippen LogP contribution in [0.3, 0.4) is 0 Å². The zero-order valence-electron chi connectivity index (χ0n) is 10.6. The van der Waals surface area contributed by atoms with Crippen molar-refractivity contribution in [2.24, 2.45) is 11.7 Å². The van der Waals surface area contributed by atoms with E-state index in [0.717, 1.165) is 24.3 Å². The largest absolute Gasteiger partial charge is 0.523 e. The minimum absolute atomic E-state index is 0.410. The van der Waals surface area contributed by atoms with Crippen molar-refractivity contribution in [1.29, 1.82) is 0 Å². The fourth-order valence-corrected chi connectivity index (χ4v) is 2.31. The molecule has 0 bridgehead atoms. The number of alkyl halides is 3. The average molecular weight is 301 g/mol. The van der Waals surface area contributed by atoms with Gasteiger partial charge in [-0.15, -0.1) is 13.2 Å². The third-order valence-corrected chi connectivity index (χ3v) is 3.11. The molecule has 1 aromatic carbocycles. The molecule has 2 N–H and O–H groups in total. The Hall–Kier alpha value is -2.15. The first-order valence-corrected chi connectivity index (χ1v) is 5.93. The summed E-state index contributed by atoms with van der Waals surface area (Å²) in [5.41, 5.74) is 2.39. The SMILES string of the molecule is NC(=O)C1C=CC=CC1(OC(F)(F)F)c1ccccc1F. The van der Waals surface area contributed by atoms with E-state index in [4.69, 9.17) is 5.73 Å². The van der Waals surface area contributed by atoms with Gasteiger partial charge in [-0.05, 0) is 12.1 Å². The predicted octanol–water partition coefficient (Wildman–Crippen LogP) is 2.78. The van der Waals surface area contributed by atoms with Gasteiger partial charge in [0.2, 0.25) is 5.91 Å². The molecular formula is C14H11F4NO2. The second kappa shape index (κ2) is 5.33. The number of hydrogen-bond donors (Lipinski definition) is 1. The maximum absolute atomic E-state index is 14.0. The quantitative estimate of drug-likeness (QED) is 0.873. The van der Waals surface area contributed by atoms with E-state index in [9.17, 15) is 22.4 Å². The normalized spacial score (nSPS) is 25.0. The van der Waals surface area contributed by atoms with E-state index in [1.165, 1.54) is 24.3 Å². The Kier molecular flexibility index (Phi) is 3.87. The summed E-state index contributed by atoms with van der Waals surface area (Å²) >= 11 is 0. The summed E-state index contributed by atoms with van der Waals surface area (Å²) in [6, 6.07) is 4.79. The van der Waals surface area contributed by atoms with Crippen molar-refractivity contribution >= 4 is 5.91 Å². The van der Waals surface area contributed by atoms with E-state index >= 15 is 0 Å². The lowest BCUT2D eigenvalue weighted by Gasteiger charge is -2.37. The number of halogens is 4. The maximum Gasteiger partial charge on any atom is 0.523 e. The third-order valence-electron chi connectivity index (χ3n) is 3.11. The lowest BCUT2D eigenvalue weighted by atomic mass is 9.77. The summed E-state index contributed by atoms with van der Waals surface area (Å²) in [6.07, 6.45) is -0.341. The number of benzene rings is 1. The molecule has 0 fully saturated rings. The number of primary amides is 1. The van der Waals surface area contributed by atoms with Crippen LogP contribution in [0.1, 0.15) is 5.56 Å². The van der Waals surface area contributed by atoms with Crippen molar-refractivity contribution in [3.05, 3.63) is 60.0 Å². The van der Waals surface area contributed by atoms with Crippen molar-refractivity contribution in [3.63, 3.8) is 0 Å². The lowest BCUT2D eigenvalue weighted by Crippen LogP contribution is -2.47. The van der Waals surface area contributed by atoms with Crippen LogP contribution < -0.4 is 5.73 Å². The number of allylic oxidation sites excluding steroid dienone is 2. The Morgan fingerprint density at radius 1 is 1.24 bits per heavy atom. The van der Waals surface area contributed by atoms with Crippen LogP contribution in [-0.2, 0) is 15.1 Å². The number of nitrogens with two attached hydrogens (primary N) is 1. The molecule has 0 saturated carbocycles. The summed E-state index contributed by atoms with van der Waals surface area (Å²) in [5, 5.41) is 0. The van der Waals surface area contributed by atoms with Crippen LogP contribution >= 0.6 is 0 Å². The average Bonchev–Trinajstić information content (AvgIpc) is 2.37. The van der Waals surface area contributed by atoms with Crippen LogP contribution in [0, 0.1) is 11.7 Å². The summed E-state index contributed by atoms with van der Waals surface area (Å²) < 4.78 is 56.5. The highest BCUT2D eigenvalue weighted by Gasteiger charge is 2.51. The highest BCUT2D eigenvalue weighted by Crippen LogP contribution is 2.43. The summed E-state index contributed by atoms with van der Waals surface area (Å²) in [4.78, 5) is 11.5. The molecule has 0 spiro atoms. The molecule has 1 aliphatic rings. The number of carbonyl (C=O) groups excluding carboxylic acids is 1. The second-order valence-electron chi connectivity index (χ2n) is 4.44. The minimum atomic E-state index is -5.08. The Balaban J connectivity index is 2.65. The molecule has 0 heterocycles. The monoisotopic (exact) mass is 301 g/mol. The molecule has 2 rings (SSSR count). The summed E-state index contributed by atoms with van der Waals surface area (Å²) in [5.74, 6) is -3.46. The second-order valence-corrected chi connectivity index (χ2v) is 4.44. The molecule has 0 aliphatic heterocycles. The van der Waals surface area contributed by atoms with Crippen molar-refractivity contribution < 1.29 is 27.1 Å². The Morgan fingerprint density at radius 2 is 1.90 bits per heavy atom. The van der Waals surface area contributed by atoms with Gasteiger partial charge in [-0.3, -0.25) is 9.53 Å². The fraction of sp³-hybridized carbons (Fsp3) is 0.214. The predicted molar refractivity (Wildman–Crippen MR) is 66.2 cm³/mol. The van der Waals surface area contributed by atoms with Crippen molar-refractivity contribution in [2.45, 2.75) is 12.0 Å². The van der Waals surface area contributed by atoms with Crippen molar-refractivity contribution in [2.75, 3.05) is 0 Å². The molecule has 21 heavy (non-hydrogen) atoms. The van der Waals surface area contributed by atoms with E-state index in [-0.39, 0.29) is 0 Å². The molecule has 1 amide bonds. The number of carbonyl (C=O) groups is 1. The van der Waals surface area contributed by atoms with Crippen LogP contribution in [0.4, 0.5) is 17.6 Å². The van der Waals surface area contributed by atoms with Crippen LogP contribution in [0.15, 0.2) is 48.6 Å². The zero-order valence-corrected chi connectivity index (χ0v) is 10.6. The van der Waals surface area contributed by atoms with Crippen LogP contribution in [0.5, 0.6) is 0 Å². The Bertz CT molecular complexity index is 609. The molecule has 112 valence electrons. The number of rotatable bonds is 3. The maximum atomic E-state index is 14.0. The Labute approximate surface area is 117 Å². The van der Waals surface area contributed by atoms with Crippen molar-refractivity contribution in [3.8, 4) is 0 Å². The topological polar surface area (TPSA) is 52.3 Å². The van der Waals surface area contributed by atoms with E-state index in [1.807, 2.05) is 0 Å². The molecular weight excluding hydrogens is 290 g/mol. The summed E-state index contributed by atoms with van der Waals surface area (Å²) in [7, 11) is 0. The van der Waals surface area contributed by atoms with E-state index in [1.54, 1.807) is 0 Å². The molecule has 0 saturated heterocycles. The first kappa shape index (κ1) is 15.2. The van der Waals surface area contributed by atoms with E-state index in [2.05, 4.69) is 4.74 Å². The zero-order chi connectivity index (χ0) is 15.7. The Morgan fingerprint density at radius 3 is 2.48 bits per heavy atom. The molecule has 7 heteroatoms. The first-order chi connectivity index (χ1) is 9.76. The van der Waals surface area contributed by atoms with Gasteiger partial charge in [0.1, 0.15) is 11.4 Å². The smallest absolute Gasteiger partial charge is 0.369 e. The van der Waals surface area contributed by atoms with Gasteiger partial charge in [0, 0.05) is 5.56 Å². The van der Waals surface area contributed by atoms with Gasteiger partial charge < -0.3 is 5.73 Å². The fourth-order valence-electron chi connectivity index (χ4n) is 2.31. The molecule has 0 aromatic heterocycles. The van der Waals surface area contributed by atoms with Crippen molar-refractivity contribution in [1.82, 2.24) is 0 Å². The third kappa shape index (κ3) is 2.97. The number of hydrogen-bond acceptors (Lipinski definition) is 2. The van der Waals surface area contributed by atoms with Gasteiger partial charge in [0.15, 0.2) is 0 Å². The molecule has 1 aliphatic carbocycles. The van der Waals surface area contributed by atoms with Gasteiger partial charge in [-0.2, -0.15) is 0 Å². The molecule has 1 aromatic rings. The number of amides is 1. The molecule has 2 atom stereocenters. The van der Waals surface area contributed by atoms with E-state index < -0.39 is 35.2 Å². The minimum Gasteiger partial charge on any atom is -0.369 e. The van der Waals surface area contributed by atoms with Gasteiger partial charge in [-0.1, -0.05) is 36.4 Å². The molecule has 2 unspecified atom stereocenters. The highest BCUT2D eigenvalue weighted by atomic mass is 19.4. The lowest BCUT2D eigenvalue weighted by molar-refractivity contribution is -0.366. The van der Waals surface area contributed by atoms with Crippen LogP contribution in [0.25, 0.3) is 0 Å².